The van der Waals surface area contributed by atoms with E-state index in [0.717, 1.165) is 5.56 Å². The third-order valence-corrected chi connectivity index (χ3v) is 3.98. The van der Waals surface area contributed by atoms with E-state index >= 15 is 0 Å². The molecule has 0 unspecified atom stereocenters. The number of benzene rings is 1. The molecule has 0 aliphatic rings. The second-order valence-electron chi connectivity index (χ2n) is 4.22. The zero-order valence-corrected chi connectivity index (χ0v) is 13.6. The Bertz CT molecular complexity index is 588. The third kappa shape index (κ3) is 6.45. The van der Waals surface area contributed by atoms with Gasteiger partial charge in [-0.2, -0.15) is 0 Å². The number of rotatable bonds is 5. The molecule has 0 spiro atoms. The van der Waals surface area contributed by atoms with Crippen LogP contribution in [0.1, 0.15) is 5.56 Å². The SMILES string of the molecule is CN=C(NCCS(C)(=O)=O)NCc1ccc(Cl)cc1Cl. The Labute approximate surface area is 129 Å². The molecule has 8 heteroatoms. The number of guanidine groups is 1. The van der Waals surface area contributed by atoms with Gasteiger partial charge < -0.3 is 10.6 Å². The number of aliphatic imine (C=N–C) groups is 1. The molecule has 1 aromatic carbocycles. The summed E-state index contributed by atoms with van der Waals surface area (Å²) in [4.78, 5) is 4.00. The monoisotopic (exact) mass is 337 g/mol. The maximum Gasteiger partial charge on any atom is 0.191 e. The van der Waals surface area contributed by atoms with E-state index in [1.54, 1.807) is 19.2 Å². The van der Waals surface area contributed by atoms with Crippen LogP contribution in [-0.2, 0) is 16.4 Å². The Balaban J connectivity index is 2.49. The molecule has 1 rings (SSSR count). The predicted octanol–water partition coefficient (Wildman–Crippen LogP) is 1.70. The molecule has 0 aliphatic heterocycles. The van der Waals surface area contributed by atoms with Crippen LogP contribution in [0.25, 0.3) is 0 Å². The largest absolute Gasteiger partial charge is 0.355 e. The first kappa shape index (κ1) is 17.1. The van der Waals surface area contributed by atoms with Crippen LogP contribution in [-0.4, -0.2) is 40.0 Å². The predicted molar refractivity (Wildman–Crippen MR) is 84.4 cm³/mol. The number of halogens is 2. The minimum absolute atomic E-state index is 0.0510. The number of hydrogen-bond donors (Lipinski definition) is 2. The van der Waals surface area contributed by atoms with Crippen molar-refractivity contribution >= 4 is 39.0 Å². The van der Waals surface area contributed by atoms with E-state index in [0.29, 0.717) is 29.1 Å². The van der Waals surface area contributed by atoms with Crippen LogP contribution >= 0.6 is 23.2 Å². The molecular formula is C12H17Cl2N3O2S. The summed E-state index contributed by atoms with van der Waals surface area (Å²) in [6.07, 6.45) is 1.19. The average Bonchev–Trinajstić information content (AvgIpc) is 2.34. The van der Waals surface area contributed by atoms with E-state index in [9.17, 15) is 8.42 Å². The first-order chi connectivity index (χ1) is 9.31. The van der Waals surface area contributed by atoms with Gasteiger partial charge in [0.2, 0.25) is 0 Å². The third-order valence-electron chi connectivity index (χ3n) is 2.45. The first-order valence-electron chi connectivity index (χ1n) is 5.88. The normalized spacial score (nSPS) is 12.3. The summed E-state index contributed by atoms with van der Waals surface area (Å²) in [5.74, 6) is 0.565. The molecule has 0 heterocycles. The number of nitrogens with one attached hydrogen (secondary N) is 2. The van der Waals surface area contributed by atoms with Gasteiger partial charge in [0.05, 0.1) is 5.75 Å². The van der Waals surface area contributed by atoms with Gasteiger partial charge in [-0.3, -0.25) is 4.99 Å². The van der Waals surface area contributed by atoms with Crippen LogP contribution in [0.4, 0.5) is 0 Å². The Morgan fingerprint density at radius 1 is 1.30 bits per heavy atom. The Morgan fingerprint density at radius 3 is 2.55 bits per heavy atom. The topological polar surface area (TPSA) is 70.6 Å². The summed E-state index contributed by atoms with van der Waals surface area (Å²) in [5, 5.41) is 7.11. The van der Waals surface area contributed by atoms with Crippen molar-refractivity contribution in [3.63, 3.8) is 0 Å². The lowest BCUT2D eigenvalue weighted by Gasteiger charge is -2.12. The quantitative estimate of drug-likeness (QED) is 0.633. The van der Waals surface area contributed by atoms with Gasteiger partial charge in [-0.05, 0) is 17.7 Å². The van der Waals surface area contributed by atoms with Crippen molar-refractivity contribution in [2.75, 3.05) is 25.6 Å². The van der Waals surface area contributed by atoms with E-state index < -0.39 is 9.84 Å². The van der Waals surface area contributed by atoms with Crippen LogP contribution < -0.4 is 10.6 Å². The van der Waals surface area contributed by atoms with Crippen molar-refractivity contribution in [2.45, 2.75) is 6.54 Å². The summed E-state index contributed by atoms with van der Waals surface area (Å²) < 4.78 is 22.1. The van der Waals surface area contributed by atoms with Gasteiger partial charge in [0.15, 0.2) is 5.96 Å². The molecule has 0 fully saturated rings. The fourth-order valence-electron chi connectivity index (χ4n) is 1.42. The zero-order valence-electron chi connectivity index (χ0n) is 11.3. The number of hydrogen-bond acceptors (Lipinski definition) is 3. The summed E-state index contributed by atoms with van der Waals surface area (Å²) in [7, 11) is -1.38. The highest BCUT2D eigenvalue weighted by Gasteiger charge is 2.05. The summed E-state index contributed by atoms with van der Waals surface area (Å²) in [5.41, 5.74) is 0.877. The molecule has 0 atom stereocenters. The van der Waals surface area contributed by atoms with Crippen molar-refractivity contribution in [1.29, 1.82) is 0 Å². The van der Waals surface area contributed by atoms with Crippen LogP contribution in [0.15, 0.2) is 23.2 Å². The van der Waals surface area contributed by atoms with E-state index in [4.69, 9.17) is 23.2 Å². The van der Waals surface area contributed by atoms with Crippen LogP contribution in [0, 0.1) is 0 Å². The summed E-state index contributed by atoms with van der Waals surface area (Å²) >= 11 is 11.9. The molecule has 5 nitrogen and oxygen atoms in total. The van der Waals surface area contributed by atoms with Gasteiger partial charge in [0.1, 0.15) is 9.84 Å². The number of sulfone groups is 1. The summed E-state index contributed by atoms with van der Waals surface area (Å²) in [6.45, 7) is 0.765. The Hall–Kier alpha value is -0.980. The fourth-order valence-corrected chi connectivity index (χ4v) is 2.37. The molecule has 0 radical (unpaired) electrons. The lowest BCUT2D eigenvalue weighted by atomic mass is 10.2. The second kappa shape index (κ2) is 7.71. The fraction of sp³-hybridized carbons (Fsp3) is 0.417. The smallest absolute Gasteiger partial charge is 0.191 e. The van der Waals surface area contributed by atoms with Gasteiger partial charge in [-0.15, -0.1) is 0 Å². The molecule has 0 bridgehead atoms. The molecule has 1 aromatic rings. The standard InChI is InChI=1S/C12H17Cl2N3O2S/c1-15-12(16-5-6-20(2,18)19)17-8-9-3-4-10(13)7-11(9)14/h3-4,7H,5-6,8H2,1-2H3,(H2,15,16,17). The van der Waals surface area contributed by atoms with Gasteiger partial charge in [-0.1, -0.05) is 29.3 Å². The summed E-state index contributed by atoms with van der Waals surface area (Å²) in [6, 6.07) is 5.24. The minimum Gasteiger partial charge on any atom is -0.355 e. The van der Waals surface area contributed by atoms with E-state index in [-0.39, 0.29) is 5.75 Å². The van der Waals surface area contributed by atoms with Gasteiger partial charge in [0.25, 0.3) is 0 Å². The highest BCUT2D eigenvalue weighted by Crippen LogP contribution is 2.20. The first-order valence-corrected chi connectivity index (χ1v) is 8.69. The lowest BCUT2D eigenvalue weighted by Crippen LogP contribution is -2.39. The van der Waals surface area contributed by atoms with Gasteiger partial charge in [0, 0.05) is 36.4 Å². The Morgan fingerprint density at radius 2 is 2.00 bits per heavy atom. The minimum atomic E-state index is -2.99. The number of nitrogens with zero attached hydrogens (tertiary/aromatic N) is 1. The molecule has 0 amide bonds. The molecule has 112 valence electrons. The highest BCUT2D eigenvalue weighted by molar-refractivity contribution is 7.90. The Kier molecular flexibility index (Phi) is 6.58. The molecule has 0 aliphatic carbocycles. The van der Waals surface area contributed by atoms with Crippen molar-refractivity contribution in [3.05, 3.63) is 33.8 Å². The van der Waals surface area contributed by atoms with Crippen molar-refractivity contribution < 1.29 is 8.42 Å². The molecule has 20 heavy (non-hydrogen) atoms. The van der Waals surface area contributed by atoms with E-state index in [2.05, 4.69) is 15.6 Å². The van der Waals surface area contributed by atoms with Crippen molar-refractivity contribution in [2.24, 2.45) is 4.99 Å². The molecule has 2 N–H and O–H groups in total. The van der Waals surface area contributed by atoms with Gasteiger partial charge in [-0.25, -0.2) is 8.42 Å². The molecular weight excluding hydrogens is 321 g/mol. The van der Waals surface area contributed by atoms with Gasteiger partial charge >= 0.3 is 0 Å². The zero-order chi connectivity index (χ0) is 15.2. The molecule has 0 aromatic heterocycles. The maximum atomic E-state index is 11.0. The van der Waals surface area contributed by atoms with Crippen molar-refractivity contribution in [3.8, 4) is 0 Å². The molecule has 0 saturated heterocycles. The van der Waals surface area contributed by atoms with Crippen LogP contribution in [0.2, 0.25) is 10.0 Å². The maximum absolute atomic E-state index is 11.0. The lowest BCUT2D eigenvalue weighted by molar-refractivity contribution is 0.600. The van der Waals surface area contributed by atoms with Crippen molar-refractivity contribution in [1.82, 2.24) is 10.6 Å². The van der Waals surface area contributed by atoms with E-state index in [1.165, 1.54) is 6.26 Å². The van der Waals surface area contributed by atoms with E-state index in [1.807, 2.05) is 6.07 Å². The van der Waals surface area contributed by atoms with Crippen LogP contribution in [0.5, 0.6) is 0 Å². The highest BCUT2D eigenvalue weighted by atomic mass is 35.5. The average molecular weight is 338 g/mol. The van der Waals surface area contributed by atoms with Crippen LogP contribution in [0.3, 0.4) is 0 Å². The molecule has 0 saturated carbocycles. The second-order valence-corrected chi connectivity index (χ2v) is 7.32.